The maximum absolute atomic E-state index is 12.9. The molecule has 1 saturated heterocycles. The van der Waals surface area contributed by atoms with Gasteiger partial charge in [-0.15, -0.1) is 0 Å². The number of alkyl halides is 3. The topological polar surface area (TPSA) is 73.0 Å². The van der Waals surface area contributed by atoms with Gasteiger partial charge in [-0.3, -0.25) is 9.36 Å². The number of likely N-dealkylation sites (tertiary alicyclic amines) is 1. The minimum atomic E-state index is -4.55. The summed E-state index contributed by atoms with van der Waals surface area (Å²) in [5.74, 6) is 0.429. The normalized spacial score (nSPS) is 19.7. The van der Waals surface area contributed by atoms with Crippen LogP contribution >= 0.6 is 0 Å². The molecule has 4 rings (SSSR count). The number of fused-ring (bicyclic) bond motifs is 1. The molecule has 1 fully saturated rings. The zero-order valence-corrected chi connectivity index (χ0v) is 15.2. The smallest absolute Gasteiger partial charge is 0.341 e. The molecule has 2 aliphatic rings. The number of amides is 1. The minimum absolute atomic E-state index is 0.0720. The van der Waals surface area contributed by atoms with Crippen LogP contribution in [0.2, 0.25) is 0 Å². The van der Waals surface area contributed by atoms with E-state index >= 15 is 0 Å². The number of carbonyl (C=O) groups is 1. The lowest BCUT2D eigenvalue weighted by Crippen LogP contribution is -2.41. The third-order valence-electron chi connectivity index (χ3n) is 5.24. The van der Waals surface area contributed by atoms with Crippen LogP contribution in [0.4, 0.5) is 13.2 Å². The van der Waals surface area contributed by atoms with Crippen molar-refractivity contribution in [1.82, 2.24) is 24.2 Å². The Hall–Kier alpha value is -2.65. The molecule has 10 heteroatoms. The molecule has 0 N–H and O–H groups in total. The molecule has 150 valence electrons. The summed E-state index contributed by atoms with van der Waals surface area (Å²) in [5, 5.41) is 4.27. The predicted octanol–water partition coefficient (Wildman–Crippen LogP) is 2.01. The Morgan fingerprint density at radius 2 is 1.93 bits per heavy atom. The molecular weight excluding hydrogens is 375 g/mol. The molecule has 2 aromatic rings. The molecule has 1 amide bonds. The molecule has 0 spiro atoms. The predicted molar refractivity (Wildman–Crippen MR) is 92.6 cm³/mol. The van der Waals surface area contributed by atoms with Gasteiger partial charge < -0.3 is 4.90 Å². The number of rotatable bonds is 3. The van der Waals surface area contributed by atoms with Gasteiger partial charge in [-0.05, 0) is 37.8 Å². The van der Waals surface area contributed by atoms with Crippen molar-refractivity contribution in [3.63, 3.8) is 0 Å². The largest absolute Gasteiger partial charge is 0.433 e. The van der Waals surface area contributed by atoms with Crippen molar-refractivity contribution in [3.05, 3.63) is 45.9 Å². The van der Waals surface area contributed by atoms with Gasteiger partial charge in [0.25, 0.3) is 0 Å². The number of hydrogen-bond acceptors (Lipinski definition) is 4. The summed E-state index contributed by atoms with van der Waals surface area (Å²) in [7, 11) is 0. The van der Waals surface area contributed by atoms with Gasteiger partial charge in [0.15, 0.2) is 0 Å². The summed E-state index contributed by atoms with van der Waals surface area (Å²) in [4.78, 5) is 31.1. The highest BCUT2D eigenvalue weighted by molar-refractivity contribution is 5.80. The van der Waals surface area contributed by atoms with E-state index in [1.807, 2.05) is 0 Å². The maximum Gasteiger partial charge on any atom is 0.433 e. The molecule has 0 aromatic carbocycles. The Bertz CT molecular complexity index is 943. The number of aromatic nitrogens is 4. The standard InChI is InChI=1S/C18H20F3N5O2/c19-18(20,21)14-7-3-5-12(22-14)11-25-17(28)26-13(6-4-8-15(26)23-25)16(27)24-9-1-2-10-24/h3,5,7,13H,1-2,4,6,8-11H2. The number of carbonyl (C=O) groups excluding carboxylic acids is 1. The molecule has 2 aromatic heterocycles. The molecule has 1 atom stereocenters. The van der Waals surface area contributed by atoms with Crippen LogP contribution < -0.4 is 5.69 Å². The summed E-state index contributed by atoms with van der Waals surface area (Å²) in [6.45, 7) is 1.22. The molecule has 0 radical (unpaired) electrons. The van der Waals surface area contributed by atoms with Crippen LogP contribution in [0.1, 0.15) is 48.9 Å². The summed E-state index contributed by atoms with van der Waals surface area (Å²) < 4.78 is 41.1. The second-order valence-corrected chi connectivity index (χ2v) is 7.18. The second-order valence-electron chi connectivity index (χ2n) is 7.18. The van der Waals surface area contributed by atoms with E-state index in [0.29, 0.717) is 31.8 Å². The third kappa shape index (κ3) is 3.43. The van der Waals surface area contributed by atoms with Crippen molar-refractivity contribution >= 4 is 5.91 Å². The van der Waals surface area contributed by atoms with Crippen molar-refractivity contribution in [1.29, 1.82) is 0 Å². The van der Waals surface area contributed by atoms with E-state index in [2.05, 4.69) is 10.1 Å². The van der Waals surface area contributed by atoms with Gasteiger partial charge in [0.05, 0.1) is 12.2 Å². The number of hydrogen-bond donors (Lipinski definition) is 0. The van der Waals surface area contributed by atoms with Crippen LogP contribution in [0, 0.1) is 0 Å². The minimum Gasteiger partial charge on any atom is -0.341 e. The molecular formula is C18H20F3N5O2. The van der Waals surface area contributed by atoms with Crippen LogP contribution in [0.3, 0.4) is 0 Å². The first-order chi connectivity index (χ1) is 13.3. The Morgan fingerprint density at radius 3 is 2.64 bits per heavy atom. The van der Waals surface area contributed by atoms with Crippen molar-refractivity contribution in [2.75, 3.05) is 13.1 Å². The highest BCUT2D eigenvalue weighted by Crippen LogP contribution is 2.28. The monoisotopic (exact) mass is 395 g/mol. The van der Waals surface area contributed by atoms with Crippen LogP contribution in [-0.2, 0) is 23.9 Å². The van der Waals surface area contributed by atoms with Gasteiger partial charge in [0.1, 0.15) is 17.6 Å². The average Bonchev–Trinajstić information content (AvgIpc) is 3.30. The summed E-state index contributed by atoms with van der Waals surface area (Å²) in [6.07, 6.45) is -0.774. The Kier molecular flexibility index (Phi) is 4.72. The summed E-state index contributed by atoms with van der Waals surface area (Å²) >= 11 is 0. The van der Waals surface area contributed by atoms with E-state index in [1.54, 1.807) is 4.90 Å². The summed E-state index contributed by atoms with van der Waals surface area (Å²) in [5.41, 5.74) is -1.40. The Balaban J connectivity index is 1.63. The van der Waals surface area contributed by atoms with Crippen LogP contribution in [0.25, 0.3) is 0 Å². The molecule has 4 heterocycles. The van der Waals surface area contributed by atoms with Crippen LogP contribution in [0.15, 0.2) is 23.0 Å². The molecule has 0 saturated carbocycles. The quantitative estimate of drug-likeness (QED) is 0.797. The van der Waals surface area contributed by atoms with Gasteiger partial charge in [-0.2, -0.15) is 18.3 Å². The highest BCUT2D eigenvalue weighted by atomic mass is 19.4. The Morgan fingerprint density at radius 1 is 1.18 bits per heavy atom. The van der Waals surface area contributed by atoms with Gasteiger partial charge in [0.2, 0.25) is 5.91 Å². The first-order valence-electron chi connectivity index (χ1n) is 9.35. The highest BCUT2D eigenvalue weighted by Gasteiger charge is 2.35. The molecule has 0 bridgehead atoms. The van der Waals surface area contributed by atoms with Crippen LogP contribution in [-0.4, -0.2) is 43.2 Å². The van der Waals surface area contributed by atoms with E-state index in [-0.39, 0.29) is 18.1 Å². The molecule has 28 heavy (non-hydrogen) atoms. The fraction of sp³-hybridized carbons (Fsp3) is 0.556. The molecule has 0 aliphatic carbocycles. The van der Waals surface area contributed by atoms with Crippen molar-refractivity contribution < 1.29 is 18.0 Å². The van der Waals surface area contributed by atoms with E-state index in [9.17, 15) is 22.8 Å². The fourth-order valence-corrected chi connectivity index (χ4v) is 3.90. The zero-order valence-electron chi connectivity index (χ0n) is 15.2. The second kappa shape index (κ2) is 7.06. The van der Waals surface area contributed by atoms with E-state index in [1.165, 1.54) is 16.7 Å². The maximum atomic E-state index is 12.9. The summed E-state index contributed by atoms with van der Waals surface area (Å²) in [6, 6.07) is 2.98. The Labute approximate surface area is 158 Å². The molecule has 2 aliphatic heterocycles. The lowest BCUT2D eigenvalue weighted by atomic mass is 10.0. The van der Waals surface area contributed by atoms with Gasteiger partial charge in [-0.25, -0.2) is 14.5 Å². The first-order valence-corrected chi connectivity index (χ1v) is 9.35. The number of pyridine rings is 1. The van der Waals surface area contributed by atoms with Crippen molar-refractivity contribution in [2.24, 2.45) is 0 Å². The van der Waals surface area contributed by atoms with E-state index in [0.717, 1.165) is 30.0 Å². The van der Waals surface area contributed by atoms with Gasteiger partial charge >= 0.3 is 11.9 Å². The van der Waals surface area contributed by atoms with Gasteiger partial charge in [-0.1, -0.05) is 6.07 Å². The lowest BCUT2D eigenvalue weighted by molar-refractivity contribution is -0.141. The van der Waals surface area contributed by atoms with Gasteiger partial charge in [0, 0.05) is 19.5 Å². The third-order valence-corrected chi connectivity index (χ3v) is 5.24. The van der Waals surface area contributed by atoms with E-state index in [4.69, 9.17) is 0 Å². The molecule has 1 unspecified atom stereocenters. The zero-order chi connectivity index (χ0) is 19.9. The van der Waals surface area contributed by atoms with E-state index < -0.39 is 23.6 Å². The van der Waals surface area contributed by atoms with Crippen LogP contribution in [0.5, 0.6) is 0 Å². The number of halogens is 3. The lowest BCUT2D eigenvalue weighted by Gasteiger charge is -2.27. The number of nitrogens with zero attached hydrogens (tertiary/aromatic N) is 5. The molecule has 7 nitrogen and oxygen atoms in total. The average molecular weight is 395 g/mol. The SMILES string of the molecule is O=C(C1CCCc2nn(Cc3cccc(C(F)(F)F)n3)c(=O)n21)N1CCCC1. The first kappa shape index (κ1) is 18.7. The van der Waals surface area contributed by atoms with Crippen molar-refractivity contribution in [2.45, 2.75) is 50.9 Å². The van der Waals surface area contributed by atoms with Crippen molar-refractivity contribution in [3.8, 4) is 0 Å². The fourth-order valence-electron chi connectivity index (χ4n) is 3.90. The number of aryl methyl sites for hydroxylation is 1.